The molecule has 1 amide bonds. The standard InChI is InChI=1S/C22H22N2O6S/c1-3-28-20(25)8-9-24-16-12-17-18(30-11-10-29-17)13-19(16)31-22(24)23-21(26)14-4-6-15(27-2)7-5-14/h4-7,12-13H,3,8-11H2,1-2H3. The molecular formula is C22H22N2O6S. The number of ether oxygens (including phenoxy) is 4. The molecule has 0 N–H and O–H groups in total. The predicted molar refractivity (Wildman–Crippen MR) is 115 cm³/mol. The van der Waals surface area contributed by atoms with Gasteiger partial charge >= 0.3 is 5.97 Å². The van der Waals surface area contributed by atoms with E-state index in [1.165, 1.54) is 11.3 Å². The van der Waals surface area contributed by atoms with Crippen molar-refractivity contribution in [1.82, 2.24) is 4.57 Å². The summed E-state index contributed by atoms with van der Waals surface area (Å²) in [7, 11) is 1.57. The number of hydrogen-bond donors (Lipinski definition) is 0. The fourth-order valence-electron chi connectivity index (χ4n) is 3.23. The average Bonchev–Trinajstić information content (AvgIpc) is 3.11. The minimum absolute atomic E-state index is 0.165. The van der Waals surface area contributed by atoms with Crippen molar-refractivity contribution in [3.05, 3.63) is 46.8 Å². The van der Waals surface area contributed by atoms with Gasteiger partial charge in [-0.3, -0.25) is 9.59 Å². The van der Waals surface area contributed by atoms with Crippen LogP contribution >= 0.6 is 11.3 Å². The second-order valence-electron chi connectivity index (χ2n) is 6.70. The first-order chi connectivity index (χ1) is 15.1. The van der Waals surface area contributed by atoms with Crippen LogP contribution in [-0.4, -0.2) is 43.4 Å². The average molecular weight is 442 g/mol. The van der Waals surface area contributed by atoms with E-state index >= 15 is 0 Å². The highest BCUT2D eigenvalue weighted by Crippen LogP contribution is 2.35. The smallest absolute Gasteiger partial charge is 0.307 e. The van der Waals surface area contributed by atoms with Crippen LogP contribution in [0.3, 0.4) is 0 Å². The largest absolute Gasteiger partial charge is 0.497 e. The third-order valence-corrected chi connectivity index (χ3v) is 5.77. The fraction of sp³-hybridized carbons (Fsp3) is 0.318. The monoisotopic (exact) mass is 442 g/mol. The number of carbonyl (C=O) groups is 2. The van der Waals surface area contributed by atoms with E-state index in [1.54, 1.807) is 38.3 Å². The highest BCUT2D eigenvalue weighted by molar-refractivity contribution is 7.16. The molecule has 1 aliphatic heterocycles. The van der Waals surface area contributed by atoms with E-state index in [0.29, 0.717) is 54.0 Å². The molecule has 2 heterocycles. The SMILES string of the molecule is CCOC(=O)CCn1c(=NC(=O)c2ccc(OC)cc2)sc2cc3c(cc21)OCCO3. The number of aromatic nitrogens is 1. The third kappa shape index (κ3) is 4.56. The van der Waals surface area contributed by atoms with Gasteiger partial charge in [-0.1, -0.05) is 11.3 Å². The zero-order valence-corrected chi connectivity index (χ0v) is 18.1. The van der Waals surface area contributed by atoms with Crippen LogP contribution in [0.4, 0.5) is 0 Å². The predicted octanol–water partition coefficient (Wildman–Crippen LogP) is 3.18. The van der Waals surface area contributed by atoms with E-state index in [-0.39, 0.29) is 18.3 Å². The summed E-state index contributed by atoms with van der Waals surface area (Å²) in [5.41, 5.74) is 1.26. The van der Waals surface area contributed by atoms with Crippen LogP contribution in [-0.2, 0) is 16.1 Å². The van der Waals surface area contributed by atoms with Crippen molar-refractivity contribution < 1.29 is 28.5 Å². The van der Waals surface area contributed by atoms with Crippen LogP contribution in [0.25, 0.3) is 10.2 Å². The molecule has 2 aromatic carbocycles. The van der Waals surface area contributed by atoms with Gasteiger partial charge in [-0.25, -0.2) is 0 Å². The highest BCUT2D eigenvalue weighted by Gasteiger charge is 2.18. The van der Waals surface area contributed by atoms with Crippen molar-refractivity contribution in [2.24, 2.45) is 4.99 Å². The molecule has 0 spiro atoms. The number of hydrogen-bond acceptors (Lipinski definition) is 7. The Labute approximate surface area is 182 Å². The van der Waals surface area contributed by atoms with E-state index < -0.39 is 0 Å². The summed E-state index contributed by atoms with van der Waals surface area (Å²) in [6.45, 7) is 3.37. The zero-order valence-electron chi connectivity index (χ0n) is 17.3. The Morgan fingerprint density at radius 3 is 2.52 bits per heavy atom. The van der Waals surface area contributed by atoms with Crippen molar-refractivity contribution >= 4 is 33.4 Å². The van der Waals surface area contributed by atoms with Crippen molar-refractivity contribution in [3.63, 3.8) is 0 Å². The first-order valence-electron chi connectivity index (χ1n) is 9.90. The van der Waals surface area contributed by atoms with Gasteiger partial charge in [0.15, 0.2) is 16.3 Å². The van der Waals surface area contributed by atoms with Crippen LogP contribution < -0.4 is 19.0 Å². The number of esters is 1. The summed E-state index contributed by atoms with van der Waals surface area (Å²) < 4.78 is 24.3. The van der Waals surface area contributed by atoms with Gasteiger partial charge in [-0.2, -0.15) is 4.99 Å². The van der Waals surface area contributed by atoms with Gasteiger partial charge < -0.3 is 23.5 Å². The van der Waals surface area contributed by atoms with Crippen LogP contribution in [0.5, 0.6) is 17.2 Å². The Balaban J connectivity index is 1.75. The Bertz CT molecular complexity index is 1180. The number of thiazole rings is 1. The minimum atomic E-state index is -0.378. The molecule has 0 fully saturated rings. The van der Waals surface area contributed by atoms with Crippen molar-refractivity contribution in [2.75, 3.05) is 26.9 Å². The van der Waals surface area contributed by atoms with Crippen LogP contribution in [0.2, 0.25) is 0 Å². The Hall–Kier alpha value is -3.33. The molecule has 0 aliphatic carbocycles. The number of aryl methyl sites for hydroxylation is 1. The number of methoxy groups -OCH3 is 1. The van der Waals surface area contributed by atoms with E-state index in [4.69, 9.17) is 18.9 Å². The van der Waals surface area contributed by atoms with Crippen molar-refractivity contribution in [3.8, 4) is 17.2 Å². The van der Waals surface area contributed by atoms with E-state index in [2.05, 4.69) is 4.99 Å². The summed E-state index contributed by atoms with van der Waals surface area (Å²) in [6, 6.07) is 10.5. The zero-order chi connectivity index (χ0) is 21.8. The summed E-state index contributed by atoms with van der Waals surface area (Å²) in [5.74, 6) is 1.27. The maximum Gasteiger partial charge on any atom is 0.307 e. The highest BCUT2D eigenvalue weighted by atomic mass is 32.1. The molecule has 8 nitrogen and oxygen atoms in total. The van der Waals surface area contributed by atoms with Crippen LogP contribution in [0.1, 0.15) is 23.7 Å². The molecule has 4 rings (SSSR count). The summed E-state index contributed by atoms with van der Waals surface area (Å²) in [5, 5.41) is 0. The number of fused-ring (bicyclic) bond motifs is 2. The second-order valence-corrected chi connectivity index (χ2v) is 7.71. The Morgan fingerprint density at radius 1 is 1.13 bits per heavy atom. The molecule has 0 saturated heterocycles. The quantitative estimate of drug-likeness (QED) is 0.545. The van der Waals surface area contributed by atoms with Gasteiger partial charge in [0.2, 0.25) is 0 Å². The number of rotatable bonds is 6. The lowest BCUT2D eigenvalue weighted by atomic mass is 10.2. The van der Waals surface area contributed by atoms with Crippen molar-refractivity contribution in [2.45, 2.75) is 19.9 Å². The molecular weight excluding hydrogens is 420 g/mol. The first kappa shape index (κ1) is 20.9. The molecule has 31 heavy (non-hydrogen) atoms. The number of amides is 1. The molecule has 1 aliphatic rings. The lowest BCUT2D eigenvalue weighted by Crippen LogP contribution is -2.20. The second kappa shape index (κ2) is 9.22. The normalized spacial score (nSPS) is 13.3. The van der Waals surface area contributed by atoms with Gasteiger partial charge in [-0.05, 0) is 31.2 Å². The summed E-state index contributed by atoms with van der Waals surface area (Å²) >= 11 is 1.36. The lowest BCUT2D eigenvalue weighted by Gasteiger charge is -2.18. The van der Waals surface area contributed by atoms with Gasteiger partial charge in [0, 0.05) is 24.2 Å². The van der Waals surface area contributed by atoms with Crippen molar-refractivity contribution in [1.29, 1.82) is 0 Å². The minimum Gasteiger partial charge on any atom is -0.497 e. The summed E-state index contributed by atoms with van der Waals surface area (Å²) in [6.07, 6.45) is 0.165. The van der Waals surface area contributed by atoms with Gasteiger partial charge in [0.1, 0.15) is 19.0 Å². The van der Waals surface area contributed by atoms with E-state index in [0.717, 1.165) is 10.2 Å². The number of nitrogens with zero attached hydrogens (tertiary/aromatic N) is 2. The van der Waals surface area contributed by atoms with Gasteiger partial charge in [0.25, 0.3) is 5.91 Å². The summed E-state index contributed by atoms with van der Waals surface area (Å²) in [4.78, 5) is 29.5. The van der Waals surface area contributed by atoms with Gasteiger partial charge in [0.05, 0.1) is 30.4 Å². The van der Waals surface area contributed by atoms with E-state index in [1.807, 2.05) is 16.7 Å². The maximum atomic E-state index is 12.8. The molecule has 1 aromatic heterocycles. The molecule has 0 radical (unpaired) electrons. The molecule has 0 saturated carbocycles. The molecule has 3 aromatic rings. The molecule has 0 unspecified atom stereocenters. The van der Waals surface area contributed by atoms with Gasteiger partial charge in [-0.15, -0.1) is 0 Å². The third-order valence-electron chi connectivity index (χ3n) is 4.73. The van der Waals surface area contributed by atoms with Crippen LogP contribution in [0.15, 0.2) is 41.4 Å². The van der Waals surface area contributed by atoms with E-state index in [9.17, 15) is 9.59 Å². The molecule has 0 bridgehead atoms. The number of carbonyl (C=O) groups excluding carboxylic acids is 2. The molecule has 0 atom stereocenters. The van der Waals surface area contributed by atoms with Crippen LogP contribution in [0, 0.1) is 0 Å². The fourth-order valence-corrected chi connectivity index (χ4v) is 4.29. The molecule has 9 heteroatoms. The Kier molecular flexibility index (Phi) is 6.22. The maximum absolute atomic E-state index is 12.8. The topological polar surface area (TPSA) is 88.4 Å². The number of benzene rings is 2. The molecule has 162 valence electrons. The Morgan fingerprint density at radius 2 is 1.84 bits per heavy atom. The first-order valence-corrected chi connectivity index (χ1v) is 10.7. The lowest BCUT2D eigenvalue weighted by molar-refractivity contribution is -0.143.